The van der Waals surface area contributed by atoms with Gasteiger partial charge in [-0.3, -0.25) is 0 Å². The van der Waals surface area contributed by atoms with Crippen LogP contribution in [-0.2, 0) is 0 Å². The molecule has 0 aliphatic rings. The summed E-state index contributed by atoms with van der Waals surface area (Å²) >= 11 is 0. The lowest BCUT2D eigenvalue weighted by Crippen LogP contribution is -2.27. The molecule has 0 aliphatic carbocycles. The van der Waals surface area contributed by atoms with Crippen LogP contribution in [0.15, 0.2) is 0 Å². The molecule has 0 aliphatic heterocycles. The zero-order valence-electron chi connectivity index (χ0n) is 6.00. The molecule has 1 atom stereocenters. The lowest BCUT2D eigenvalue weighted by molar-refractivity contribution is 0.262. The minimum absolute atomic E-state index is 0. The maximum absolute atomic E-state index is 8.41. The maximum atomic E-state index is 8.41. The summed E-state index contributed by atoms with van der Waals surface area (Å²) in [5.41, 5.74) is 5.57. The summed E-state index contributed by atoms with van der Waals surface area (Å²) in [5, 5.41) is 8.41. The van der Waals surface area contributed by atoms with Gasteiger partial charge in [0.1, 0.15) is 0 Å². The van der Waals surface area contributed by atoms with Crippen molar-refractivity contribution in [2.24, 2.45) is 11.7 Å². The highest BCUT2D eigenvalue weighted by molar-refractivity contribution is 5.85. The molecule has 0 rings (SSSR count). The van der Waals surface area contributed by atoms with Gasteiger partial charge in [-0.15, -0.1) is 12.4 Å². The van der Waals surface area contributed by atoms with Crippen molar-refractivity contribution in [1.82, 2.24) is 0 Å². The Morgan fingerprint density at radius 1 is 1.44 bits per heavy atom. The molecule has 0 amide bonds. The van der Waals surface area contributed by atoms with Crippen LogP contribution in [0.5, 0.6) is 0 Å². The molecule has 2 nitrogen and oxygen atoms in total. The van der Waals surface area contributed by atoms with Crippen LogP contribution in [0.2, 0.25) is 0 Å². The third-order valence-electron chi connectivity index (χ3n) is 1.32. The van der Waals surface area contributed by atoms with Crippen LogP contribution in [0.25, 0.3) is 0 Å². The second-order valence-corrected chi connectivity index (χ2v) is 2.42. The van der Waals surface area contributed by atoms with Gasteiger partial charge in [0.15, 0.2) is 0 Å². The van der Waals surface area contributed by atoms with Crippen molar-refractivity contribution in [2.45, 2.75) is 26.3 Å². The van der Waals surface area contributed by atoms with Gasteiger partial charge < -0.3 is 10.8 Å². The van der Waals surface area contributed by atoms with Crippen LogP contribution < -0.4 is 5.73 Å². The predicted octanol–water partition coefficient (Wildman–Crippen LogP) is 0.774. The first-order chi connectivity index (χ1) is 3.68. The van der Waals surface area contributed by atoms with Crippen LogP contribution >= 0.6 is 12.4 Å². The van der Waals surface area contributed by atoms with E-state index >= 15 is 0 Å². The summed E-state index contributed by atoms with van der Waals surface area (Å²) in [7, 11) is 0. The Morgan fingerprint density at radius 2 is 1.89 bits per heavy atom. The second-order valence-electron chi connectivity index (χ2n) is 2.42. The molecular weight excluding hydrogens is 138 g/mol. The number of nitrogens with two attached hydrogens (primary N) is 1. The fourth-order valence-corrected chi connectivity index (χ4v) is 0.482. The number of hydrogen-bond donors (Lipinski definition) is 2. The molecule has 3 heteroatoms. The van der Waals surface area contributed by atoms with E-state index in [0.29, 0.717) is 5.92 Å². The number of hydrogen-bond acceptors (Lipinski definition) is 2. The van der Waals surface area contributed by atoms with E-state index in [2.05, 4.69) is 13.8 Å². The van der Waals surface area contributed by atoms with Crippen LogP contribution in [-0.4, -0.2) is 17.8 Å². The average molecular weight is 154 g/mol. The molecule has 0 saturated heterocycles. The zero-order chi connectivity index (χ0) is 6.57. The Bertz CT molecular complexity index is 59.0. The number of rotatable bonds is 3. The fourth-order valence-electron chi connectivity index (χ4n) is 0.482. The highest BCUT2D eigenvalue weighted by Gasteiger charge is 2.04. The molecule has 9 heavy (non-hydrogen) atoms. The Morgan fingerprint density at radius 3 is 2.00 bits per heavy atom. The van der Waals surface area contributed by atoms with Gasteiger partial charge in [0, 0.05) is 12.6 Å². The van der Waals surface area contributed by atoms with Crippen molar-refractivity contribution < 1.29 is 5.11 Å². The summed E-state index contributed by atoms with van der Waals surface area (Å²) in [4.78, 5) is 0. The summed E-state index contributed by atoms with van der Waals surface area (Å²) in [6.07, 6.45) is 0.720. The lowest BCUT2D eigenvalue weighted by atomic mass is 10.0. The summed E-state index contributed by atoms with van der Waals surface area (Å²) < 4.78 is 0. The second kappa shape index (κ2) is 6.33. The van der Waals surface area contributed by atoms with Gasteiger partial charge in [-0.05, 0) is 12.3 Å². The van der Waals surface area contributed by atoms with Gasteiger partial charge in [0.2, 0.25) is 0 Å². The molecule has 1 unspecified atom stereocenters. The van der Waals surface area contributed by atoms with Crippen molar-refractivity contribution in [2.75, 3.05) is 6.61 Å². The van der Waals surface area contributed by atoms with E-state index < -0.39 is 0 Å². The predicted molar refractivity (Wildman–Crippen MR) is 41.8 cm³/mol. The average Bonchev–Trinajstić information content (AvgIpc) is 1.67. The Labute approximate surface area is 62.9 Å². The fraction of sp³-hybridized carbons (Fsp3) is 1.00. The van der Waals surface area contributed by atoms with E-state index in [4.69, 9.17) is 10.8 Å². The zero-order valence-corrected chi connectivity index (χ0v) is 6.82. The maximum Gasteiger partial charge on any atom is 0.0445 e. The molecule has 0 bridgehead atoms. The largest absolute Gasteiger partial charge is 0.396 e. The smallest absolute Gasteiger partial charge is 0.0445 e. The van der Waals surface area contributed by atoms with E-state index in [1.165, 1.54) is 0 Å². The molecule has 0 aromatic heterocycles. The van der Waals surface area contributed by atoms with Crippen molar-refractivity contribution in [3.63, 3.8) is 0 Å². The molecule has 0 aromatic carbocycles. The first kappa shape index (κ1) is 11.9. The summed E-state index contributed by atoms with van der Waals surface area (Å²) in [6, 6.07) is 0.167. The minimum Gasteiger partial charge on any atom is -0.396 e. The number of aliphatic hydroxyl groups excluding tert-OH is 1. The molecule has 3 N–H and O–H groups in total. The highest BCUT2D eigenvalue weighted by atomic mass is 35.5. The van der Waals surface area contributed by atoms with E-state index in [-0.39, 0.29) is 25.1 Å². The molecule has 0 aromatic rings. The third kappa shape index (κ3) is 6.09. The number of halogens is 1. The normalized spacial score (nSPS) is 13.0. The van der Waals surface area contributed by atoms with E-state index in [1.54, 1.807) is 0 Å². The first-order valence-electron chi connectivity index (χ1n) is 3.05. The molecule has 58 valence electrons. The van der Waals surface area contributed by atoms with Crippen LogP contribution in [0.4, 0.5) is 0 Å². The van der Waals surface area contributed by atoms with Crippen LogP contribution in [0, 0.1) is 5.92 Å². The van der Waals surface area contributed by atoms with E-state index in [0.717, 1.165) is 6.42 Å². The Hall–Kier alpha value is 0.210. The van der Waals surface area contributed by atoms with Crippen LogP contribution in [0.1, 0.15) is 20.3 Å². The SMILES string of the molecule is CC(C)C(N)CCO.Cl. The molecule has 0 fully saturated rings. The van der Waals surface area contributed by atoms with Gasteiger partial charge in [-0.2, -0.15) is 0 Å². The van der Waals surface area contributed by atoms with Gasteiger partial charge in [0.25, 0.3) is 0 Å². The Kier molecular flexibility index (Phi) is 8.40. The minimum atomic E-state index is 0. The number of aliphatic hydroxyl groups is 1. The van der Waals surface area contributed by atoms with Crippen molar-refractivity contribution >= 4 is 12.4 Å². The lowest BCUT2D eigenvalue weighted by Gasteiger charge is -2.12. The van der Waals surface area contributed by atoms with Crippen molar-refractivity contribution in [1.29, 1.82) is 0 Å². The van der Waals surface area contributed by atoms with Gasteiger partial charge >= 0.3 is 0 Å². The van der Waals surface area contributed by atoms with Gasteiger partial charge in [0.05, 0.1) is 0 Å². The van der Waals surface area contributed by atoms with Crippen molar-refractivity contribution in [3.05, 3.63) is 0 Å². The molecular formula is C6H16ClNO. The van der Waals surface area contributed by atoms with Gasteiger partial charge in [-0.25, -0.2) is 0 Å². The quantitative estimate of drug-likeness (QED) is 0.630. The first-order valence-corrected chi connectivity index (χ1v) is 3.05. The molecule has 0 saturated carbocycles. The molecule has 0 heterocycles. The molecule has 0 radical (unpaired) electrons. The standard InChI is InChI=1S/C6H15NO.ClH/c1-5(2)6(7)3-4-8;/h5-6,8H,3-4,7H2,1-2H3;1H. The summed E-state index contributed by atoms with van der Waals surface area (Å²) in [6.45, 7) is 4.32. The van der Waals surface area contributed by atoms with E-state index in [1.807, 2.05) is 0 Å². The Balaban J connectivity index is 0. The monoisotopic (exact) mass is 153 g/mol. The van der Waals surface area contributed by atoms with E-state index in [9.17, 15) is 0 Å². The third-order valence-corrected chi connectivity index (χ3v) is 1.32. The van der Waals surface area contributed by atoms with Crippen LogP contribution in [0.3, 0.4) is 0 Å². The van der Waals surface area contributed by atoms with Crippen molar-refractivity contribution in [3.8, 4) is 0 Å². The highest BCUT2D eigenvalue weighted by Crippen LogP contribution is 2.00. The molecule has 0 spiro atoms. The summed E-state index contributed by atoms with van der Waals surface area (Å²) in [5.74, 6) is 0.488. The van der Waals surface area contributed by atoms with Gasteiger partial charge in [-0.1, -0.05) is 13.8 Å². The topological polar surface area (TPSA) is 46.2 Å².